The van der Waals surface area contributed by atoms with Crippen LogP contribution in [0.15, 0.2) is 12.1 Å². The first-order valence-electron chi connectivity index (χ1n) is 12.0. The van der Waals surface area contributed by atoms with Crippen LogP contribution >= 0.6 is 0 Å². The molecule has 0 heterocycles. The van der Waals surface area contributed by atoms with E-state index in [4.69, 9.17) is 8.85 Å². The fraction of sp³-hybridized carbons (Fsp3) is 0.643. The second-order valence-corrected chi connectivity index (χ2v) is 22.1. The summed E-state index contributed by atoms with van der Waals surface area (Å²) in [7, 11) is -3.37. The van der Waals surface area contributed by atoms with Crippen LogP contribution in [0.1, 0.15) is 74.9 Å². The van der Waals surface area contributed by atoms with Crippen molar-refractivity contribution in [3.05, 3.63) is 45.5 Å². The minimum absolute atomic E-state index is 0. The Labute approximate surface area is 251 Å². The van der Waals surface area contributed by atoms with Crippen molar-refractivity contribution in [2.24, 2.45) is 0 Å². The third-order valence-corrected chi connectivity index (χ3v) is 16.8. The summed E-state index contributed by atoms with van der Waals surface area (Å²) in [5.74, 6) is 2.20. The van der Waals surface area contributed by atoms with Crippen LogP contribution in [0.3, 0.4) is 0 Å². The van der Waals surface area contributed by atoms with E-state index >= 15 is 0 Å². The summed E-state index contributed by atoms with van der Waals surface area (Å²) < 4.78 is 12.7. The maximum Gasteiger partial charge on any atom is 4.00 e. The summed E-state index contributed by atoms with van der Waals surface area (Å²) >= 11 is 0. The summed E-state index contributed by atoms with van der Waals surface area (Å²) in [6, 6.07) is 4.37. The second-order valence-electron chi connectivity index (χ2n) is 12.6. The van der Waals surface area contributed by atoms with Gasteiger partial charge in [-0.1, -0.05) is 83.1 Å². The predicted octanol–water partition coefficient (Wildman–Crippen LogP) is 3.44. The summed E-state index contributed by atoms with van der Waals surface area (Å²) in [6.07, 6.45) is 0. The average Bonchev–Trinajstić information content (AvgIpc) is 2.97. The van der Waals surface area contributed by atoms with Gasteiger partial charge in [-0.2, -0.15) is 22.3 Å². The zero-order valence-electron chi connectivity index (χ0n) is 25.2. The summed E-state index contributed by atoms with van der Waals surface area (Å²) in [5.41, 5.74) is 8.03. The Kier molecular flexibility index (Phi) is 15.7. The molecular formula is C28H50Cl2O2Si2Zr. The summed E-state index contributed by atoms with van der Waals surface area (Å²) in [6.45, 7) is 35.8. The van der Waals surface area contributed by atoms with Crippen molar-refractivity contribution >= 4 is 16.6 Å². The zero-order chi connectivity index (χ0) is 25.4. The quantitative estimate of drug-likeness (QED) is 0.379. The van der Waals surface area contributed by atoms with Crippen LogP contribution in [0.4, 0.5) is 0 Å². The van der Waals surface area contributed by atoms with Crippen LogP contribution in [-0.4, -0.2) is 16.6 Å². The Morgan fingerprint density at radius 1 is 0.571 bits per heavy atom. The van der Waals surface area contributed by atoms with E-state index < -0.39 is 16.6 Å². The van der Waals surface area contributed by atoms with Crippen molar-refractivity contribution in [2.45, 2.75) is 119 Å². The Morgan fingerprint density at radius 2 is 0.800 bits per heavy atom. The molecule has 0 aliphatic rings. The smallest absolute Gasteiger partial charge is 1.00 e. The van der Waals surface area contributed by atoms with E-state index in [0.717, 1.165) is 11.5 Å². The van der Waals surface area contributed by atoms with Gasteiger partial charge in [0.2, 0.25) is 16.6 Å². The molecule has 0 atom stereocenters. The van der Waals surface area contributed by atoms with Crippen molar-refractivity contribution < 1.29 is 59.9 Å². The van der Waals surface area contributed by atoms with Gasteiger partial charge in [0, 0.05) is 0 Å². The Morgan fingerprint density at radius 3 is 0.943 bits per heavy atom. The molecule has 7 heteroatoms. The molecule has 2 aromatic rings. The van der Waals surface area contributed by atoms with E-state index in [1.165, 1.54) is 33.4 Å². The fourth-order valence-electron chi connectivity index (χ4n) is 2.86. The van der Waals surface area contributed by atoms with Crippen LogP contribution in [0, 0.1) is 41.5 Å². The molecule has 35 heavy (non-hydrogen) atoms. The van der Waals surface area contributed by atoms with Crippen molar-refractivity contribution in [2.75, 3.05) is 0 Å². The van der Waals surface area contributed by atoms with E-state index in [1.807, 2.05) is 0 Å². The van der Waals surface area contributed by atoms with Crippen LogP contribution < -0.4 is 33.7 Å². The first-order valence-corrected chi connectivity index (χ1v) is 17.8. The van der Waals surface area contributed by atoms with E-state index in [9.17, 15) is 0 Å². The van der Waals surface area contributed by atoms with E-state index in [-0.39, 0.29) is 61.1 Å². The van der Waals surface area contributed by atoms with E-state index in [1.54, 1.807) is 0 Å². The normalized spacial score (nSPS) is 11.9. The molecule has 0 aliphatic heterocycles. The third-order valence-electron chi connectivity index (χ3n) is 8.09. The maximum atomic E-state index is 6.34. The molecule has 2 aromatic carbocycles. The van der Waals surface area contributed by atoms with Crippen molar-refractivity contribution in [3.63, 3.8) is 0 Å². The zero-order valence-corrected chi connectivity index (χ0v) is 31.2. The van der Waals surface area contributed by atoms with Crippen molar-refractivity contribution in [3.8, 4) is 11.5 Å². The van der Waals surface area contributed by atoms with Gasteiger partial charge >= 0.3 is 26.2 Å². The summed E-state index contributed by atoms with van der Waals surface area (Å²) in [5, 5.41) is 0.525. The molecule has 0 aliphatic carbocycles. The van der Waals surface area contributed by atoms with Gasteiger partial charge in [0.15, 0.2) is 0 Å². The third kappa shape index (κ3) is 9.78. The van der Waals surface area contributed by atoms with Crippen LogP contribution in [0.25, 0.3) is 0 Å². The number of hydrogen-bond donors (Lipinski definition) is 0. The molecular weight excluding hydrogens is 587 g/mol. The first kappa shape index (κ1) is 39.7. The minimum Gasteiger partial charge on any atom is -1.00 e. The molecule has 200 valence electrons. The predicted molar refractivity (Wildman–Crippen MR) is 148 cm³/mol. The Balaban J connectivity index is -0.000000539. The number of halogens is 2. The van der Waals surface area contributed by atoms with Gasteiger partial charge in [-0.25, -0.2) is 0 Å². The standard InChI is InChI=1S/2C14H25OSi.2ClH.Zr/c2*1-10-9-13(12(3)11(10)2)15-16(7,8)14(4,5)6;;;/h2*9H,1-8H3;2*1H;/q2*-1;;;+4/p-2. The fourth-order valence-corrected chi connectivity index (χ4v) is 4.99. The molecule has 0 fully saturated rings. The molecule has 0 bridgehead atoms. The number of hydrogen-bond acceptors (Lipinski definition) is 2. The molecule has 0 saturated carbocycles. The van der Waals surface area contributed by atoms with Gasteiger partial charge in [0.05, 0.1) is 0 Å². The van der Waals surface area contributed by atoms with Gasteiger partial charge in [0.1, 0.15) is 0 Å². The molecule has 0 amide bonds. The van der Waals surface area contributed by atoms with E-state index in [2.05, 4.69) is 121 Å². The van der Waals surface area contributed by atoms with Gasteiger partial charge < -0.3 is 33.7 Å². The molecule has 2 nitrogen and oxygen atoms in total. The molecule has 0 saturated heterocycles. The number of aryl methyl sites for hydroxylation is 2. The summed E-state index contributed by atoms with van der Waals surface area (Å²) in [4.78, 5) is 0. The Hall–Kier alpha value is 0.197. The maximum absolute atomic E-state index is 6.34. The van der Waals surface area contributed by atoms with Gasteiger partial charge in [-0.05, 0) is 47.8 Å². The second kappa shape index (κ2) is 13.8. The number of rotatable bonds is 4. The average molecular weight is 637 g/mol. The molecule has 0 radical (unpaired) electrons. The van der Waals surface area contributed by atoms with Crippen LogP contribution in [0.2, 0.25) is 36.3 Å². The van der Waals surface area contributed by atoms with Crippen molar-refractivity contribution in [1.82, 2.24) is 0 Å². The molecule has 2 rings (SSSR count). The molecule has 0 spiro atoms. The Bertz CT molecular complexity index is 854. The van der Waals surface area contributed by atoms with Crippen molar-refractivity contribution in [1.29, 1.82) is 0 Å². The first-order chi connectivity index (χ1) is 14.1. The topological polar surface area (TPSA) is 18.5 Å². The molecule has 0 N–H and O–H groups in total. The van der Waals surface area contributed by atoms with Gasteiger partial charge in [-0.15, -0.1) is 23.3 Å². The monoisotopic (exact) mass is 634 g/mol. The van der Waals surface area contributed by atoms with Crippen LogP contribution in [0.5, 0.6) is 11.5 Å². The molecule has 0 unspecified atom stereocenters. The largest absolute Gasteiger partial charge is 4.00 e. The SMILES string of the molecule is Cc1c[c-](O[Si](C)(C)C(C)(C)C)c(C)c1C.Cc1c[c-](O[Si](C)(C)C(C)(C)C)c(C)c1C.[Cl-].[Cl-].[Zr+4]. The van der Waals surface area contributed by atoms with Gasteiger partial charge in [-0.3, -0.25) is 0 Å². The minimum atomic E-state index is -1.69. The van der Waals surface area contributed by atoms with Crippen LogP contribution in [-0.2, 0) is 26.2 Å². The molecule has 0 aromatic heterocycles. The van der Waals surface area contributed by atoms with Gasteiger partial charge in [0.25, 0.3) is 0 Å². The van der Waals surface area contributed by atoms with E-state index in [0.29, 0.717) is 0 Å².